The fraction of sp³-hybridized carbons (Fsp3) is 0.455. The van der Waals surface area contributed by atoms with E-state index in [0.717, 1.165) is 28.6 Å². The van der Waals surface area contributed by atoms with Crippen molar-refractivity contribution in [3.8, 4) is 0 Å². The Kier molecular flexibility index (Phi) is 4.73. The second kappa shape index (κ2) is 5.59. The molecule has 1 nitrogen and oxygen atoms in total. The fourth-order valence-electron chi connectivity index (χ4n) is 1.50. The van der Waals surface area contributed by atoms with Crippen LogP contribution in [0.15, 0.2) is 18.2 Å². The van der Waals surface area contributed by atoms with Gasteiger partial charge in [0.1, 0.15) is 0 Å². The van der Waals surface area contributed by atoms with Gasteiger partial charge in [0, 0.05) is 10.0 Å². The lowest BCUT2D eigenvalue weighted by molar-refractivity contribution is 0.542. The predicted molar refractivity (Wildman–Crippen MR) is 63.3 cm³/mol. The Morgan fingerprint density at radius 1 is 1.29 bits per heavy atom. The molecule has 0 aliphatic heterocycles. The van der Waals surface area contributed by atoms with E-state index in [9.17, 15) is 0 Å². The summed E-state index contributed by atoms with van der Waals surface area (Å²) < 4.78 is 0. The molecule has 78 valence electrons. The van der Waals surface area contributed by atoms with Crippen molar-refractivity contribution in [1.29, 1.82) is 0 Å². The second-order valence-electron chi connectivity index (χ2n) is 3.57. The molecule has 0 saturated heterocycles. The maximum absolute atomic E-state index is 6.07. The molecular weight excluding hydrogens is 217 g/mol. The standard InChI is InChI=1S/C11H15Cl2N/c1-8(7-14-2)6-9-10(12)4-3-5-11(9)13/h3-5,8,14H,6-7H2,1-2H3. The summed E-state index contributed by atoms with van der Waals surface area (Å²) in [6.45, 7) is 3.15. The highest BCUT2D eigenvalue weighted by Gasteiger charge is 2.09. The molecular formula is C11H15Cl2N. The number of hydrogen-bond donors (Lipinski definition) is 1. The molecule has 1 atom stereocenters. The van der Waals surface area contributed by atoms with E-state index in [2.05, 4.69) is 12.2 Å². The second-order valence-corrected chi connectivity index (χ2v) is 4.38. The topological polar surface area (TPSA) is 12.0 Å². The minimum atomic E-state index is 0.539. The normalized spacial score (nSPS) is 12.9. The van der Waals surface area contributed by atoms with Gasteiger partial charge in [0.2, 0.25) is 0 Å². The van der Waals surface area contributed by atoms with E-state index in [1.165, 1.54) is 0 Å². The molecule has 14 heavy (non-hydrogen) atoms. The van der Waals surface area contributed by atoms with Gasteiger partial charge in [-0.25, -0.2) is 0 Å². The van der Waals surface area contributed by atoms with E-state index in [0.29, 0.717) is 5.92 Å². The third kappa shape index (κ3) is 3.16. The van der Waals surface area contributed by atoms with Crippen molar-refractivity contribution in [2.45, 2.75) is 13.3 Å². The molecule has 0 bridgehead atoms. The largest absolute Gasteiger partial charge is 0.319 e. The zero-order valence-corrected chi connectivity index (χ0v) is 9.99. The lowest BCUT2D eigenvalue weighted by Gasteiger charge is -2.13. The lowest BCUT2D eigenvalue weighted by Crippen LogP contribution is -2.18. The van der Waals surface area contributed by atoms with Crippen LogP contribution in [0.5, 0.6) is 0 Å². The number of benzene rings is 1. The Balaban J connectivity index is 2.75. The summed E-state index contributed by atoms with van der Waals surface area (Å²) in [5.41, 5.74) is 1.05. The molecule has 1 N–H and O–H groups in total. The highest BCUT2D eigenvalue weighted by atomic mass is 35.5. The van der Waals surface area contributed by atoms with Crippen LogP contribution in [-0.4, -0.2) is 13.6 Å². The molecule has 0 aliphatic carbocycles. The van der Waals surface area contributed by atoms with E-state index < -0.39 is 0 Å². The Morgan fingerprint density at radius 3 is 2.36 bits per heavy atom. The van der Waals surface area contributed by atoms with Gasteiger partial charge in [-0.3, -0.25) is 0 Å². The summed E-state index contributed by atoms with van der Waals surface area (Å²) >= 11 is 12.1. The SMILES string of the molecule is CNCC(C)Cc1c(Cl)cccc1Cl. The number of rotatable bonds is 4. The smallest absolute Gasteiger partial charge is 0.0452 e. The fourth-order valence-corrected chi connectivity index (χ4v) is 2.05. The summed E-state index contributed by atoms with van der Waals surface area (Å²) in [6.07, 6.45) is 0.916. The van der Waals surface area contributed by atoms with Gasteiger partial charge in [0.25, 0.3) is 0 Å². The third-order valence-corrected chi connectivity index (χ3v) is 2.88. The van der Waals surface area contributed by atoms with E-state index >= 15 is 0 Å². The van der Waals surface area contributed by atoms with Gasteiger partial charge in [-0.1, -0.05) is 36.2 Å². The van der Waals surface area contributed by atoms with Crippen LogP contribution in [0.2, 0.25) is 10.0 Å². The maximum Gasteiger partial charge on any atom is 0.0452 e. The van der Waals surface area contributed by atoms with Crippen LogP contribution in [0, 0.1) is 5.92 Å². The predicted octanol–water partition coefficient (Wildman–Crippen LogP) is 3.39. The number of nitrogens with one attached hydrogen (secondary N) is 1. The van der Waals surface area contributed by atoms with E-state index in [4.69, 9.17) is 23.2 Å². The van der Waals surface area contributed by atoms with Gasteiger partial charge in [0.15, 0.2) is 0 Å². The molecule has 1 rings (SSSR count). The molecule has 1 aromatic carbocycles. The van der Waals surface area contributed by atoms with Crippen molar-refractivity contribution in [2.24, 2.45) is 5.92 Å². The van der Waals surface area contributed by atoms with Crippen LogP contribution in [0.3, 0.4) is 0 Å². The molecule has 0 amide bonds. The van der Waals surface area contributed by atoms with Crippen LogP contribution >= 0.6 is 23.2 Å². The molecule has 0 fully saturated rings. The maximum atomic E-state index is 6.07. The van der Waals surface area contributed by atoms with Crippen molar-refractivity contribution < 1.29 is 0 Å². The highest BCUT2D eigenvalue weighted by Crippen LogP contribution is 2.26. The van der Waals surface area contributed by atoms with Crippen LogP contribution in [0.1, 0.15) is 12.5 Å². The third-order valence-electron chi connectivity index (χ3n) is 2.17. The van der Waals surface area contributed by atoms with Crippen LogP contribution < -0.4 is 5.32 Å². The quantitative estimate of drug-likeness (QED) is 0.838. The Labute approximate surface area is 95.4 Å². The zero-order chi connectivity index (χ0) is 10.6. The van der Waals surface area contributed by atoms with Gasteiger partial charge in [-0.15, -0.1) is 0 Å². The molecule has 0 aromatic heterocycles. The molecule has 0 aliphatic rings. The average Bonchev–Trinajstić information content (AvgIpc) is 2.12. The Morgan fingerprint density at radius 2 is 1.86 bits per heavy atom. The molecule has 1 aromatic rings. The van der Waals surface area contributed by atoms with Crippen molar-refractivity contribution in [2.75, 3.05) is 13.6 Å². The molecule has 0 radical (unpaired) electrons. The average molecular weight is 232 g/mol. The highest BCUT2D eigenvalue weighted by molar-refractivity contribution is 6.35. The monoisotopic (exact) mass is 231 g/mol. The van der Waals surface area contributed by atoms with Gasteiger partial charge in [-0.05, 0) is 43.6 Å². The minimum Gasteiger partial charge on any atom is -0.319 e. The van der Waals surface area contributed by atoms with Gasteiger partial charge in [0.05, 0.1) is 0 Å². The van der Waals surface area contributed by atoms with Gasteiger partial charge >= 0.3 is 0 Å². The summed E-state index contributed by atoms with van der Waals surface area (Å²) in [6, 6.07) is 5.64. The molecule has 3 heteroatoms. The van der Waals surface area contributed by atoms with Gasteiger partial charge in [-0.2, -0.15) is 0 Å². The number of halogens is 2. The number of hydrogen-bond acceptors (Lipinski definition) is 1. The van der Waals surface area contributed by atoms with Gasteiger partial charge < -0.3 is 5.32 Å². The molecule has 1 unspecified atom stereocenters. The van der Waals surface area contributed by atoms with E-state index in [1.807, 2.05) is 25.2 Å². The van der Waals surface area contributed by atoms with Crippen LogP contribution in [-0.2, 0) is 6.42 Å². The van der Waals surface area contributed by atoms with Crippen molar-refractivity contribution in [1.82, 2.24) is 5.32 Å². The lowest BCUT2D eigenvalue weighted by atomic mass is 10.0. The molecule has 0 heterocycles. The Bertz CT molecular complexity index is 279. The minimum absolute atomic E-state index is 0.539. The van der Waals surface area contributed by atoms with Crippen molar-refractivity contribution in [3.63, 3.8) is 0 Å². The Hall–Kier alpha value is -0.240. The first kappa shape index (κ1) is 11.8. The molecule has 0 spiro atoms. The zero-order valence-electron chi connectivity index (χ0n) is 8.48. The summed E-state index contributed by atoms with van der Waals surface area (Å²) in [4.78, 5) is 0. The summed E-state index contributed by atoms with van der Waals surface area (Å²) in [5.74, 6) is 0.539. The van der Waals surface area contributed by atoms with E-state index in [-0.39, 0.29) is 0 Å². The first-order valence-corrected chi connectivity index (χ1v) is 5.48. The van der Waals surface area contributed by atoms with Crippen molar-refractivity contribution in [3.05, 3.63) is 33.8 Å². The molecule has 0 saturated carbocycles. The first-order valence-electron chi connectivity index (χ1n) is 4.72. The van der Waals surface area contributed by atoms with Crippen LogP contribution in [0.4, 0.5) is 0 Å². The van der Waals surface area contributed by atoms with Crippen LogP contribution in [0.25, 0.3) is 0 Å². The van der Waals surface area contributed by atoms with Crippen molar-refractivity contribution >= 4 is 23.2 Å². The van der Waals surface area contributed by atoms with E-state index in [1.54, 1.807) is 0 Å². The first-order chi connectivity index (χ1) is 6.65. The summed E-state index contributed by atoms with van der Waals surface area (Å²) in [5, 5.41) is 4.67. The summed E-state index contributed by atoms with van der Waals surface area (Å²) in [7, 11) is 1.95.